The molecule has 0 spiro atoms. The van der Waals surface area contributed by atoms with Crippen molar-refractivity contribution in [2.24, 2.45) is 0 Å². The summed E-state index contributed by atoms with van der Waals surface area (Å²) in [6, 6.07) is 0.705. The predicted molar refractivity (Wildman–Crippen MR) is 60.2 cm³/mol. The van der Waals surface area contributed by atoms with Crippen LogP contribution in [0.3, 0.4) is 0 Å². The van der Waals surface area contributed by atoms with Gasteiger partial charge < -0.3 is 0 Å². The Morgan fingerprint density at radius 3 is 2.33 bits per heavy atom. The third-order valence-corrected chi connectivity index (χ3v) is 5.92. The van der Waals surface area contributed by atoms with Crippen molar-refractivity contribution >= 4 is 10.0 Å². The van der Waals surface area contributed by atoms with Gasteiger partial charge in [-0.3, -0.25) is 4.90 Å². The first kappa shape index (κ1) is 11.4. The highest BCUT2D eigenvalue weighted by molar-refractivity contribution is 7.89. The molecule has 88 valence electrons. The van der Waals surface area contributed by atoms with E-state index >= 15 is 0 Å². The molecule has 2 heterocycles. The Hall–Kier alpha value is -0.130. The largest absolute Gasteiger partial charge is 0.298 e. The fourth-order valence-corrected chi connectivity index (χ4v) is 4.17. The van der Waals surface area contributed by atoms with Gasteiger partial charge in [0.25, 0.3) is 0 Å². The molecular weight excluding hydrogens is 212 g/mol. The van der Waals surface area contributed by atoms with Gasteiger partial charge in [-0.05, 0) is 26.8 Å². The lowest BCUT2D eigenvalue weighted by Crippen LogP contribution is -2.50. The Balaban J connectivity index is 2.13. The molecular formula is C10H20N2O2S. The monoisotopic (exact) mass is 232 g/mol. The van der Waals surface area contributed by atoms with Crippen LogP contribution in [0.4, 0.5) is 0 Å². The van der Waals surface area contributed by atoms with Crippen molar-refractivity contribution in [1.82, 2.24) is 9.21 Å². The minimum absolute atomic E-state index is 0.238. The highest BCUT2D eigenvalue weighted by atomic mass is 32.2. The molecule has 0 aliphatic carbocycles. The Morgan fingerprint density at radius 2 is 1.93 bits per heavy atom. The van der Waals surface area contributed by atoms with Gasteiger partial charge in [-0.1, -0.05) is 6.92 Å². The molecule has 0 amide bonds. The van der Waals surface area contributed by atoms with E-state index in [-0.39, 0.29) is 11.3 Å². The molecule has 0 aromatic carbocycles. The van der Waals surface area contributed by atoms with Crippen LogP contribution in [0.5, 0.6) is 0 Å². The molecule has 2 atom stereocenters. The Kier molecular flexibility index (Phi) is 2.81. The van der Waals surface area contributed by atoms with Crippen molar-refractivity contribution in [3.8, 4) is 0 Å². The Bertz CT molecular complexity index is 339. The van der Waals surface area contributed by atoms with Crippen LogP contribution >= 0.6 is 0 Å². The van der Waals surface area contributed by atoms with E-state index in [0.29, 0.717) is 12.6 Å². The normalized spacial score (nSPS) is 33.1. The number of piperazine rings is 1. The van der Waals surface area contributed by atoms with E-state index in [1.54, 1.807) is 18.2 Å². The maximum Gasteiger partial charge on any atom is 0.216 e. The average Bonchev–Trinajstić information content (AvgIpc) is 2.75. The molecule has 5 heteroatoms. The standard InChI is InChI=1S/C10H20N2O2S/c1-4-11-6-10-5-9(11)7-12(10)15(13,14)8(2)3/h8-10H,4-7H2,1-3H3. The minimum atomic E-state index is -3.03. The van der Waals surface area contributed by atoms with Gasteiger partial charge in [0, 0.05) is 25.2 Å². The Labute approximate surface area is 92.3 Å². The number of nitrogens with zero attached hydrogens (tertiary/aromatic N) is 2. The van der Waals surface area contributed by atoms with E-state index in [1.807, 2.05) is 0 Å². The van der Waals surface area contributed by atoms with Crippen molar-refractivity contribution in [1.29, 1.82) is 0 Å². The summed E-state index contributed by atoms with van der Waals surface area (Å²) in [6.45, 7) is 8.34. The molecule has 0 radical (unpaired) electrons. The molecule has 0 aromatic heterocycles. The van der Waals surface area contributed by atoms with Crippen LogP contribution in [0.15, 0.2) is 0 Å². The second kappa shape index (κ2) is 3.71. The summed E-state index contributed by atoms with van der Waals surface area (Å²) in [6.07, 6.45) is 1.03. The van der Waals surface area contributed by atoms with Gasteiger partial charge in [-0.25, -0.2) is 8.42 Å². The summed E-state index contributed by atoms with van der Waals surface area (Å²) < 4.78 is 25.8. The lowest BCUT2D eigenvalue weighted by atomic mass is 10.2. The molecule has 4 nitrogen and oxygen atoms in total. The van der Waals surface area contributed by atoms with Crippen LogP contribution in [-0.2, 0) is 10.0 Å². The zero-order valence-corrected chi connectivity index (χ0v) is 10.5. The molecule has 0 aromatic rings. The molecule has 2 rings (SSSR count). The fourth-order valence-electron chi connectivity index (χ4n) is 2.68. The highest BCUT2D eigenvalue weighted by Gasteiger charge is 2.47. The average molecular weight is 232 g/mol. The van der Waals surface area contributed by atoms with Gasteiger partial charge in [-0.15, -0.1) is 0 Å². The van der Waals surface area contributed by atoms with Crippen LogP contribution in [0.25, 0.3) is 0 Å². The molecule has 2 unspecified atom stereocenters. The number of hydrogen-bond acceptors (Lipinski definition) is 3. The molecule has 2 bridgehead atoms. The molecule has 15 heavy (non-hydrogen) atoms. The summed E-state index contributed by atoms with van der Waals surface area (Å²) in [7, 11) is -3.03. The van der Waals surface area contributed by atoms with Gasteiger partial charge >= 0.3 is 0 Å². The molecule has 2 fully saturated rings. The summed E-state index contributed by atoms with van der Waals surface area (Å²) in [5.41, 5.74) is 0. The van der Waals surface area contributed by atoms with Crippen LogP contribution in [0.1, 0.15) is 27.2 Å². The number of rotatable bonds is 3. The van der Waals surface area contributed by atoms with Gasteiger partial charge in [0.15, 0.2) is 0 Å². The maximum absolute atomic E-state index is 12.0. The fraction of sp³-hybridized carbons (Fsp3) is 1.00. The van der Waals surface area contributed by atoms with Crippen molar-refractivity contribution in [2.75, 3.05) is 19.6 Å². The first-order valence-electron chi connectivity index (χ1n) is 5.71. The summed E-state index contributed by atoms with van der Waals surface area (Å²) >= 11 is 0. The van der Waals surface area contributed by atoms with E-state index in [1.165, 1.54) is 0 Å². The van der Waals surface area contributed by atoms with Gasteiger partial charge in [-0.2, -0.15) is 4.31 Å². The van der Waals surface area contributed by atoms with Crippen LogP contribution in [0, 0.1) is 0 Å². The van der Waals surface area contributed by atoms with E-state index in [4.69, 9.17) is 0 Å². The van der Waals surface area contributed by atoms with Crippen molar-refractivity contribution < 1.29 is 8.42 Å². The quantitative estimate of drug-likeness (QED) is 0.711. The van der Waals surface area contributed by atoms with Gasteiger partial charge in [0.05, 0.1) is 5.25 Å². The van der Waals surface area contributed by atoms with Crippen molar-refractivity contribution in [3.63, 3.8) is 0 Å². The van der Waals surface area contributed by atoms with E-state index < -0.39 is 10.0 Å². The second-order valence-corrected chi connectivity index (χ2v) is 7.24. The third kappa shape index (κ3) is 1.70. The minimum Gasteiger partial charge on any atom is -0.298 e. The van der Waals surface area contributed by atoms with Crippen molar-refractivity contribution in [2.45, 2.75) is 44.5 Å². The zero-order valence-electron chi connectivity index (χ0n) is 9.68. The van der Waals surface area contributed by atoms with E-state index in [0.717, 1.165) is 19.5 Å². The third-order valence-electron chi connectivity index (χ3n) is 3.63. The molecule has 0 saturated carbocycles. The number of likely N-dealkylation sites (tertiary alicyclic amines) is 1. The summed E-state index contributed by atoms with van der Waals surface area (Å²) in [5, 5.41) is -0.285. The smallest absolute Gasteiger partial charge is 0.216 e. The van der Waals surface area contributed by atoms with Gasteiger partial charge in [0.1, 0.15) is 0 Å². The lowest BCUT2D eigenvalue weighted by Gasteiger charge is -2.33. The highest BCUT2D eigenvalue weighted by Crippen LogP contribution is 2.33. The summed E-state index contributed by atoms with van der Waals surface area (Å²) in [5.74, 6) is 0. The topological polar surface area (TPSA) is 40.6 Å². The first-order valence-corrected chi connectivity index (χ1v) is 7.21. The first-order chi connectivity index (χ1) is 6.96. The Morgan fingerprint density at radius 1 is 1.27 bits per heavy atom. The second-order valence-electron chi connectivity index (χ2n) is 4.79. The molecule has 0 N–H and O–H groups in total. The maximum atomic E-state index is 12.0. The molecule has 2 aliphatic heterocycles. The van der Waals surface area contributed by atoms with Crippen molar-refractivity contribution in [3.05, 3.63) is 0 Å². The number of fused-ring (bicyclic) bond motifs is 2. The number of likely N-dealkylation sites (N-methyl/N-ethyl adjacent to an activating group) is 1. The van der Waals surface area contributed by atoms with Crippen LogP contribution < -0.4 is 0 Å². The summed E-state index contributed by atoms with van der Waals surface area (Å²) in [4.78, 5) is 2.39. The zero-order chi connectivity index (χ0) is 11.2. The molecule has 2 aliphatic rings. The lowest BCUT2D eigenvalue weighted by molar-refractivity contribution is 0.189. The SMILES string of the molecule is CCN1CC2CC1CN2S(=O)(=O)C(C)C. The van der Waals surface area contributed by atoms with Gasteiger partial charge in [0.2, 0.25) is 10.0 Å². The molecule has 2 saturated heterocycles. The number of hydrogen-bond donors (Lipinski definition) is 0. The van der Waals surface area contributed by atoms with Crippen LogP contribution in [-0.4, -0.2) is 54.6 Å². The predicted octanol–water partition coefficient (Wildman–Crippen LogP) is 0.503. The van der Waals surface area contributed by atoms with Crippen LogP contribution in [0.2, 0.25) is 0 Å². The van der Waals surface area contributed by atoms with E-state index in [2.05, 4.69) is 11.8 Å². The van der Waals surface area contributed by atoms with E-state index in [9.17, 15) is 8.42 Å². The number of sulfonamides is 1.